The van der Waals surface area contributed by atoms with Crippen LogP contribution < -0.4 is 20.1 Å². The number of hydrogen-bond donors (Lipinski definition) is 2. The van der Waals surface area contributed by atoms with Gasteiger partial charge in [0.15, 0.2) is 11.5 Å². The van der Waals surface area contributed by atoms with E-state index in [1.807, 2.05) is 43.3 Å². The number of carbonyl (C=O) groups excluding carboxylic acids is 2. The third-order valence-corrected chi connectivity index (χ3v) is 6.64. The molecule has 2 aromatic carbocycles. The van der Waals surface area contributed by atoms with E-state index in [4.69, 9.17) is 14.5 Å². The fraction of sp³-hybridized carbons (Fsp3) is 0.400. The molecule has 1 spiro atoms. The number of carbonyl (C=O) groups is 2. The van der Waals surface area contributed by atoms with Crippen molar-refractivity contribution in [3.8, 4) is 11.5 Å². The van der Waals surface area contributed by atoms with Crippen LogP contribution in [0.25, 0.3) is 0 Å². The molecule has 0 unspecified atom stereocenters. The van der Waals surface area contributed by atoms with Gasteiger partial charge >= 0.3 is 0 Å². The van der Waals surface area contributed by atoms with Crippen molar-refractivity contribution in [2.45, 2.75) is 38.9 Å². The van der Waals surface area contributed by atoms with E-state index >= 15 is 0 Å². The van der Waals surface area contributed by atoms with Crippen LogP contribution in [0, 0.1) is 13.8 Å². The first-order valence-corrected chi connectivity index (χ1v) is 11.3. The molecule has 0 aliphatic carbocycles. The van der Waals surface area contributed by atoms with Crippen molar-refractivity contribution in [1.82, 2.24) is 15.5 Å². The van der Waals surface area contributed by atoms with Crippen LogP contribution in [0.5, 0.6) is 11.5 Å². The van der Waals surface area contributed by atoms with E-state index < -0.39 is 5.66 Å². The number of aryl methyl sites for hydroxylation is 2. The Balaban J connectivity index is 1.14. The van der Waals surface area contributed by atoms with Gasteiger partial charge in [0.2, 0.25) is 12.7 Å². The van der Waals surface area contributed by atoms with Crippen molar-refractivity contribution in [1.29, 1.82) is 0 Å². The topological polar surface area (TPSA) is 92.3 Å². The lowest BCUT2D eigenvalue weighted by Crippen LogP contribution is -2.52. The molecule has 0 aromatic heterocycles. The molecule has 172 valence electrons. The normalized spacial score (nSPS) is 18.8. The Bertz CT molecular complexity index is 1140. The van der Waals surface area contributed by atoms with Gasteiger partial charge in [0.05, 0.1) is 6.54 Å². The van der Waals surface area contributed by atoms with Gasteiger partial charge in [0.25, 0.3) is 5.91 Å². The Labute approximate surface area is 193 Å². The maximum absolute atomic E-state index is 12.7. The number of rotatable bonds is 5. The molecule has 3 aliphatic heterocycles. The third-order valence-electron chi connectivity index (χ3n) is 6.64. The average molecular weight is 449 g/mol. The minimum atomic E-state index is -0.565. The molecule has 3 aliphatic rings. The summed E-state index contributed by atoms with van der Waals surface area (Å²) in [6, 6.07) is 11.7. The van der Waals surface area contributed by atoms with Crippen molar-refractivity contribution in [2.24, 2.45) is 4.99 Å². The summed E-state index contributed by atoms with van der Waals surface area (Å²) in [5.74, 6) is 1.30. The Morgan fingerprint density at radius 1 is 1.09 bits per heavy atom. The zero-order chi connectivity index (χ0) is 23.0. The van der Waals surface area contributed by atoms with Crippen LogP contribution in [0.4, 0.5) is 0 Å². The highest BCUT2D eigenvalue weighted by molar-refractivity contribution is 6.46. The van der Waals surface area contributed by atoms with Crippen LogP contribution in [-0.4, -0.2) is 54.5 Å². The van der Waals surface area contributed by atoms with E-state index in [0.29, 0.717) is 50.5 Å². The van der Waals surface area contributed by atoms with Crippen LogP contribution >= 0.6 is 0 Å². The van der Waals surface area contributed by atoms with Gasteiger partial charge in [-0.2, -0.15) is 0 Å². The predicted molar refractivity (Wildman–Crippen MR) is 123 cm³/mol. The summed E-state index contributed by atoms with van der Waals surface area (Å²) in [6.07, 6.45) is 1.37. The lowest BCUT2D eigenvalue weighted by molar-refractivity contribution is -0.123. The first kappa shape index (κ1) is 21.5. The smallest absolute Gasteiger partial charge is 0.272 e. The van der Waals surface area contributed by atoms with Gasteiger partial charge in [0, 0.05) is 38.0 Å². The van der Waals surface area contributed by atoms with Crippen molar-refractivity contribution in [3.05, 3.63) is 58.7 Å². The van der Waals surface area contributed by atoms with Gasteiger partial charge in [-0.1, -0.05) is 18.2 Å². The Hall–Kier alpha value is -3.39. The minimum Gasteiger partial charge on any atom is -0.454 e. The maximum atomic E-state index is 12.7. The Morgan fingerprint density at radius 2 is 1.88 bits per heavy atom. The summed E-state index contributed by atoms with van der Waals surface area (Å²) in [5, 5.41) is 6.07. The van der Waals surface area contributed by atoms with Crippen LogP contribution in [0.1, 0.15) is 35.1 Å². The molecule has 0 bridgehead atoms. The van der Waals surface area contributed by atoms with Gasteiger partial charge in [-0.05, 0) is 48.7 Å². The van der Waals surface area contributed by atoms with Crippen LogP contribution in [0.15, 0.2) is 41.4 Å². The van der Waals surface area contributed by atoms with E-state index in [0.717, 1.165) is 22.4 Å². The fourth-order valence-corrected chi connectivity index (χ4v) is 4.48. The molecule has 33 heavy (non-hydrogen) atoms. The van der Waals surface area contributed by atoms with Crippen molar-refractivity contribution < 1.29 is 19.1 Å². The zero-order valence-corrected chi connectivity index (χ0v) is 18.9. The number of nitrogens with zero attached hydrogens (tertiary/aromatic N) is 2. The van der Waals surface area contributed by atoms with Crippen LogP contribution in [0.3, 0.4) is 0 Å². The van der Waals surface area contributed by atoms with Crippen molar-refractivity contribution in [3.63, 3.8) is 0 Å². The number of fused-ring (bicyclic) bond motifs is 1. The van der Waals surface area contributed by atoms with E-state index in [-0.39, 0.29) is 18.6 Å². The molecule has 5 rings (SSSR count). The number of aliphatic imine (C=N–C) groups is 1. The third kappa shape index (κ3) is 4.43. The number of benzene rings is 2. The second kappa shape index (κ2) is 8.51. The predicted octanol–water partition coefficient (Wildman–Crippen LogP) is 2.06. The summed E-state index contributed by atoms with van der Waals surface area (Å²) < 4.78 is 10.7. The van der Waals surface area contributed by atoms with Gasteiger partial charge in [-0.15, -0.1) is 0 Å². The molecule has 0 saturated carbocycles. The standard InChI is InChI=1S/C25H28N4O4/c1-16-3-5-19(11-17(16)2)23-24(31)28-25(27-23)7-9-29(10-8-25)14-22(30)26-13-18-4-6-20-21(12-18)33-15-32-20/h3-6,11-12H,7-10,13-15H2,1-2H3,(H,26,30)(H,28,31). The molecule has 8 heteroatoms. The Kier molecular flexibility index (Phi) is 5.54. The average Bonchev–Trinajstić information content (AvgIpc) is 3.40. The maximum Gasteiger partial charge on any atom is 0.272 e. The van der Waals surface area contributed by atoms with Crippen molar-refractivity contribution >= 4 is 17.5 Å². The van der Waals surface area contributed by atoms with Gasteiger partial charge < -0.3 is 20.1 Å². The number of likely N-dealkylation sites (tertiary alicyclic amines) is 1. The van der Waals surface area contributed by atoms with Gasteiger partial charge in [-0.25, -0.2) is 0 Å². The molecule has 2 N–H and O–H groups in total. The Morgan fingerprint density at radius 3 is 2.67 bits per heavy atom. The number of hydrogen-bond acceptors (Lipinski definition) is 6. The molecule has 0 atom stereocenters. The van der Waals surface area contributed by atoms with Gasteiger partial charge in [-0.3, -0.25) is 19.5 Å². The first-order valence-electron chi connectivity index (χ1n) is 11.3. The number of nitrogens with one attached hydrogen (secondary N) is 2. The first-order chi connectivity index (χ1) is 15.9. The molecule has 1 fully saturated rings. The molecule has 2 amide bonds. The summed E-state index contributed by atoms with van der Waals surface area (Å²) >= 11 is 0. The minimum absolute atomic E-state index is 0.0293. The fourth-order valence-electron chi connectivity index (χ4n) is 4.48. The van der Waals surface area contributed by atoms with E-state index in [2.05, 4.69) is 22.5 Å². The highest BCUT2D eigenvalue weighted by atomic mass is 16.7. The second-order valence-corrected chi connectivity index (χ2v) is 8.99. The number of piperidine rings is 1. The van der Waals surface area contributed by atoms with E-state index in [1.54, 1.807) is 0 Å². The summed E-state index contributed by atoms with van der Waals surface area (Å²) in [5.41, 5.74) is 4.10. The van der Waals surface area contributed by atoms with Crippen LogP contribution in [0.2, 0.25) is 0 Å². The highest BCUT2D eigenvalue weighted by Gasteiger charge is 2.42. The molecular weight excluding hydrogens is 420 g/mol. The summed E-state index contributed by atoms with van der Waals surface area (Å²) in [4.78, 5) is 32.1. The molecule has 0 radical (unpaired) electrons. The lowest BCUT2D eigenvalue weighted by Gasteiger charge is -2.36. The molecule has 1 saturated heterocycles. The lowest BCUT2D eigenvalue weighted by atomic mass is 9.98. The SMILES string of the molecule is Cc1ccc(C2=NC3(CCN(CC(=O)NCc4ccc5c(c4)OCO5)CC3)NC2=O)cc1C. The van der Waals surface area contributed by atoms with Crippen molar-refractivity contribution in [2.75, 3.05) is 26.4 Å². The molecule has 3 heterocycles. The quantitative estimate of drug-likeness (QED) is 0.731. The second-order valence-electron chi connectivity index (χ2n) is 8.99. The molecular formula is C25H28N4O4. The zero-order valence-electron chi connectivity index (χ0n) is 18.9. The number of ether oxygens (including phenoxy) is 2. The van der Waals surface area contributed by atoms with Gasteiger partial charge in [0.1, 0.15) is 11.4 Å². The summed E-state index contributed by atoms with van der Waals surface area (Å²) in [6.45, 7) is 6.48. The highest BCUT2D eigenvalue weighted by Crippen LogP contribution is 2.32. The van der Waals surface area contributed by atoms with E-state index in [9.17, 15) is 9.59 Å². The number of amides is 2. The molecule has 8 nitrogen and oxygen atoms in total. The largest absolute Gasteiger partial charge is 0.454 e. The monoisotopic (exact) mass is 448 g/mol. The summed E-state index contributed by atoms with van der Waals surface area (Å²) in [7, 11) is 0. The van der Waals surface area contributed by atoms with Crippen LogP contribution in [-0.2, 0) is 16.1 Å². The van der Waals surface area contributed by atoms with E-state index in [1.165, 1.54) is 5.56 Å². The molecule has 2 aromatic rings.